The molecule has 2 amide bonds. The first-order valence-electron chi connectivity index (χ1n) is 12.8. The number of amides is 2. The van der Waals surface area contributed by atoms with Gasteiger partial charge in [-0.3, -0.25) is 14.4 Å². The standard InChI is InChI=1S/C31H25ClF2N4O3/c1-19-12-14-38(36-19)23-10-11-25(27(32)17-23)30(41)37-15-13-31(33,34)26(24-8-3-4-9-28(24)37)18-29(40)35-22-7-5-6-21(16-22)20(2)39/h3-12,14,16-18H,13,15H2,1-2H3,(H,35,40)/b26-18-. The highest BCUT2D eigenvalue weighted by atomic mass is 35.5. The van der Waals surface area contributed by atoms with Crippen LogP contribution in [0.15, 0.2) is 85.1 Å². The van der Waals surface area contributed by atoms with Gasteiger partial charge in [-0.1, -0.05) is 41.9 Å². The second kappa shape index (κ2) is 11.1. The molecule has 2 heterocycles. The molecule has 1 N–H and O–H groups in total. The molecule has 1 aliphatic heterocycles. The second-order valence-electron chi connectivity index (χ2n) is 9.68. The zero-order chi connectivity index (χ0) is 29.3. The average Bonchev–Trinajstić information content (AvgIpc) is 3.34. The van der Waals surface area contributed by atoms with E-state index in [-0.39, 0.29) is 34.2 Å². The normalized spacial score (nSPS) is 15.2. The van der Waals surface area contributed by atoms with E-state index in [9.17, 15) is 14.4 Å². The first-order chi connectivity index (χ1) is 19.5. The van der Waals surface area contributed by atoms with E-state index in [1.807, 2.05) is 13.0 Å². The zero-order valence-corrected chi connectivity index (χ0v) is 23.0. The van der Waals surface area contributed by atoms with E-state index in [0.29, 0.717) is 16.9 Å². The van der Waals surface area contributed by atoms with Gasteiger partial charge in [-0.05, 0) is 56.3 Å². The van der Waals surface area contributed by atoms with E-state index in [1.54, 1.807) is 65.5 Å². The van der Waals surface area contributed by atoms with E-state index in [2.05, 4.69) is 10.4 Å². The Balaban J connectivity index is 1.48. The van der Waals surface area contributed by atoms with Gasteiger partial charge in [-0.15, -0.1) is 0 Å². The lowest BCUT2D eigenvalue weighted by Gasteiger charge is -2.23. The Hall–Kier alpha value is -4.63. The van der Waals surface area contributed by atoms with Crippen LogP contribution in [0.25, 0.3) is 11.3 Å². The third-order valence-corrected chi connectivity index (χ3v) is 7.07. The predicted molar refractivity (Wildman–Crippen MR) is 154 cm³/mol. The number of ketones is 1. The summed E-state index contributed by atoms with van der Waals surface area (Å²) in [4.78, 5) is 39.5. The number of para-hydroxylation sites is 1. The molecule has 0 unspecified atom stereocenters. The molecule has 1 aliphatic rings. The maximum absolute atomic E-state index is 15.6. The van der Waals surface area contributed by atoms with Crippen LogP contribution in [0.4, 0.5) is 20.2 Å². The van der Waals surface area contributed by atoms with Crippen molar-refractivity contribution < 1.29 is 23.2 Å². The number of anilines is 2. The molecule has 0 aliphatic carbocycles. The molecule has 1 aromatic heterocycles. The van der Waals surface area contributed by atoms with Gasteiger partial charge in [0.05, 0.1) is 27.7 Å². The van der Waals surface area contributed by atoms with Gasteiger partial charge in [0.1, 0.15) is 0 Å². The number of rotatable bonds is 5. The fourth-order valence-electron chi connectivity index (χ4n) is 4.69. The minimum absolute atomic E-state index is 0.0516. The second-order valence-corrected chi connectivity index (χ2v) is 10.1. The topological polar surface area (TPSA) is 84.3 Å². The summed E-state index contributed by atoms with van der Waals surface area (Å²) < 4.78 is 32.8. The van der Waals surface area contributed by atoms with Crippen LogP contribution in [0.3, 0.4) is 0 Å². The van der Waals surface area contributed by atoms with Crippen molar-refractivity contribution in [3.8, 4) is 5.69 Å². The highest BCUT2D eigenvalue weighted by molar-refractivity contribution is 6.34. The SMILES string of the molecule is CC(=O)c1cccc(NC(=O)/C=C2/c3ccccc3N(C(=O)c3ccc(-n4ccc(C)n4)cc3Cl)CCC2(F)F)c1. The van der Waals surface area contributed by atoms with Gasteiger partial charge in [0.25, 0.3) is 11.8 Å². The molecule has 41 heavy (non-hydrogen) atoms. The van der Waals surface area contributed by atoms with E-state index in [0.717, 1.165) is 11.8 Å². The lowest BCUT2D eigenvalue weighted by Crippen LogP contribution is -2.33. The molecule has 208 valence electrons. The number of aryl methyl sites for hydroxylation is 1. The van der Waals surface area contributed by atoms with Gasteiger partial charge in [0, 0.05) is 47.6 Å². The van der Waals surface area contributed by atoms with E-state index >= 15 is 8.78 Å². The smallest absolute Gasteiger partial charge is 0.275 e. The molecule has 0 saturated carbocycles. The Bertz CT molecular complexity index is 1710. The molecule has 5 rings (SSSR count). The van der Waals surface area contributed by atoms with Crippen LogP contribution in [0.1, 0.15) is 45.3 Å². The highest BCUT2D eigenvalue weighted by Gasteiger charge is 2.41. The molecule has 10 heteroatoms. The quantitative estimate of drug-likeness (QED) is 0.211. The lowest BCUT2D eigenvalue weighted by atomic mass is 9.97. The lowest BCUT2D eigenvalue weighted by molar-refractivity contribution is -0.112. The predicted octanol–water partition coefficient (Wildman–Crippen LogP) is 6.74. The van der Waals surface area contributed by atoms with Gasteiger partial charge >= 0.3 is 0 Å². The monoisotopic (exact) mass is 574 g/mol. The van der Waals surface area contributed by atoms with Gasteiger partial charge in [0.15, 0.2) is 5.78 Å². The van der Waals surface area contributed by atoms with Crippen molar-refractivity contribution in [2.24, 2.45) is 0 Å². The van der Waals surface area contributed by atoms with Gasteiger partial charge in [-0.2, -0.15) is 5.10 Å². The third-order valence-electron chi connectivity index (χ3n) is 6.76. The Labute approximate surface area is 240 Å². The van der Waals surface area contributed by atoms with Crippen molar-refractivity contribution in [1.29, 1.82) is 0 Å². The molecule has 0 saturated heterocycles. The third kappa shape index (κ3) is 5.81. The van der Waals surface area contributed by atoms with Crippen molar-refractivity contribution in [3.63, 3.8) is 0 Å². The average molecular weight is 575 g/mol. The fourth-order valence-corrected chi connectivity index (χ4v) is 4.94. The number of allylic oxidation sites excluding steroid dienone is 1. The van der Waals surface area contributed by atoms with Crippen molar-refractivity contribution in [1.82, 2.24) is 9.78 Å². The minimum atomic E-state index is -3.42. The summed E-state index contributed by atoms with van der Waals surface area (Å²) in [6, 6.07) is 19.1. The number of nitrogens with zero attached hydrogens (tertiary/aromatic N) is 3. The first-order valence-corrected chi connectivity index (χ1v) is 13.2. The van der Waals surface area contributed by atoms with Crippen LogP contribution < -0.4 is 10.2 Å². The molecule has 3 aromatic carbocycles. The maximum Gasteiger partial charge on any atom is 0.275 e. The molecule has 0 atom stereocenters. The van der Waals surface area contributed by atoms with Crippen LogP contribution in [0, 0.1) is 6.92 Å². The van der Waals surface area contributed by atoms with Crippen LogP contribution in [0.2, 0.25) is 5.02 Å². The number of carbonyl (C=O) groups is 3. The number of fused-ring (bicyclic) bond motifs is 1. The first kappa shape index (κ1) is 27.9. The van der Waals surface area contributed by atoms with Crippen molar-refractivity contribution in [2.45, 2.75) is 26.2 Å². The Kier molecular flexibility index (Phi) is 7.55. The summed E-state index contributed by atoms with van der Waals surface area (Å²) >= 11 is 6.51. The number of benzene rings is 3. The summed E-state index contributed by atoms with van der Waals surface area (Å²) in [5, 5.41) is 7.05. The molecule has 0 spiro atoms. The Morgan fingerprint density at radius 1 is 1.02 bits per heavy atom. The highest BCUT2D eigenvalue weighted by Crippen LogP contribution is 2.43. The summed E-state index contributed by atoms with van der Waals surface area (Å²) in [5.41, 5.74) is 2.04. The van der Waals surface area contributed by atoms with E-state index in [1.165, 1.54) is 24.0 Å². The molecular formula is C31H25ClF2N4O3. The zero-order valence-electron chi connectivity index (χ0n) is 22.2. The molecular weight excluding hydrogens is 550 g/mol. The number of hydrogen-bond donors (Lipinski definition) is 1. The Morgan fingerprint density at radius 3 is 2.51 bits per heavy atom. The summed E-state index contributed by atoms with van der Waals surface area (Å²) in [6.07, 6.45) is 1.90. The van der Waals surface area contributed by atoms with Crippen LogP contribution in [-0.4, -0.2) is 39.8 Å². The molecule has 7 nitrogen and oxygen atoms in total. The minimum Gasteiger partial charge on any atom is -0.322 e. The number of Topliss-reactive ketones (excluding diaryl/α,β-unsaturated/α-hetero) is 1. The van der Waals surface area contributed by atoms with Crippen LogP contribution in [0.5, 0.6) is 0 Å². The van der Waals surface area contributed by atoms with E-state index < -0.39 is 29.7 Å². The van der Waals surface area contributed by atoms with Gasteiger partial charge < -0.3 is 10.2 Å². The molecule has 4 aromatic rings. The van der Waals surface area contributed by atoms with Crippen LogP contribution in [-0.2, 0) is 4.79 Å². The van der Waals surface area contributed by atoms with Gasteiger partial charge in [-0.25, -0.2) is 13.5 Å². The van der Waals surface area contributed by atoms with Crippen molar-refractivity contribution in [2.75, 3.05) is 16.8 Å². The molecule has 0 bridgehead atoms. The Morgan fingerprint density at radius 2 is 1.80 bits per heavy atom. The fraction of sp³-hybridized carbons (Fsp3) is 0.161. The number of alkyl halides is 2. The summed E-state index contributed by atoms with van der Waals surface area (Å²) in [5.74, 6) is -4.95. The molecule has 0 radical (unpaired) electrons. The number of hydrogen-bond acceptors (Lipinski definition) is 4. The number of nitrogens with one attached hydrogen (secondary N) is 1. The molecule has 0 fully saturated rings. The number of aromatic nitrogens is 2. The summed E-state index contributed by atoms with van der Waals surface area (Å²) in [7, 11) is 0. The maximum atomic E-state index is 15.6. The van der Waals surface area contributed by atoms with Crippen molar-refractivity contribution in [3.05, 3.63) is 112 Å². The van der Waals surface area contributed by atoms with Crippen LogP contribution >= 0.6 is 11.6 Å². The number of halogens is 3. The number of carbonyl (C=O) groups excluding carboxylic acids is 3. The van der Waals surface area contributed by atoms with Crippen molar-refractivity contribution >= 4 is 46.1 Å². The largest absolute Gasteiger partial charge is 0.322 e. The van der Waals surface area contributed by atoms with E-state index in [4.69, 9.17) is 11.6 Å². The summed E-state index contributed by atoms with van der Waals surface area (Å²) in [6.45, 7) is 2.93. The van der Waals surface area contributed by atoms with Gasteiger partial charge in [0.2, 0.25) is 5.91 Å².